The SMILES string of the molecule is NNC(=O)Cc1ccc(CSc2cc(Cl)ccc2N)cc1. The topological polar surface area (TPSA) is 81.1 Å². The number of benzene rings is 2. The summed E-state index contributed by atoms with van der Waals surface area (Å²) in [7, 11) is 0. The zero-order valence-corrected chi connectivity index (χ0v) is 12.9. The molecule has 0 aromatic heterocycles. The van der Waals surface area contributed by atoms with Crippen molar-refractivity contribution in [2.75, 3.05) is 5.73 Å². The molecule has 0 aliphatic heterocycles. The molecule has 110 valence electrons. The molecule has 0 spiro atoms. The summed E-state index contributed by atoms with van der Waals surface area (Å²) >= 11 is 7.59. The van der Waals surface area contributed by atoms with Crippen molar-refractivity contribution in [3.8, 4) is 0 Å². The number of hydrogen-bond donors (Lipinski definition) is 3. The first-order valence-electron chi connectivity index (χ1n) is 6.33. The van der Waals surface area contributed by atoms with Crippen molar-refractivity contribution in [3.63, 3.8) is 0 Å². The maximum Gasteiger partial charge on any atom is 0.238 e. The number of amides is 1. The molecule has 0 saturated carbocycles. The quantitative estimate of drug-likeness (QED) is 0.260. The molecule has 0 atom stereocenters. The van der Waals surface area contributed by atoms with Crippen LogP contribution in [0.4, 0.5) is 5.69 Å². The summed E-state index contributed by atoms with van der Waals surface area (Å²) in [4.78, 5) is 12.1. The number of nitrogen functional groups attached to an aromatic ring is 1. The highest BCUT2D eigenvalue weighted by atomic mass is 35.5. The van der Waals surface area contributed by atoms with E-state index in [4.69, 9.17) is 23.2 Å². The predicted molar refractivity (Wildman–Crippen MR) is 87.9 cm³/mol. The van der Waals surface area contributed by atoms with E-state index in [1.165, 1.54) is 0 Å². The zero-order chi connectivity index (χ0) is 15.2. The largest absolute Gasteiger partial charge is 0.398 e. The smallest absolute Gasteiger partial charge is 0.238 e. The lowest BCUT2D eigenvalue weighted by atomic mass is 10.1. The maximum atomic E-state index is 11.2. The van der Waals surface area contributed by atoms with Crippen LogP contribution >= 0.6 is 23.4 Å². The molecular weight excluding hydrogens is 306 g/mol. The fraction of sp³-hybridized carbons (Fsp3) is 0.133. The minimum atomic E-state index is -0.205. The van der Waals surface area contributed by atoms with Gasteiger partial charge in [-0.15, -0.1) is 11.8 Å². The van der Waals surface area contributed by atoms with Crippen molar-refractivity contribution in [1.82, 2.24) is 5.43 Å². The van der Waals surface area contributed by atoms with E-state index in [1.807, 2.05) is 30.3 Å². The van der Waals surface area contributed by atoms with Gasteiger partial charge >= 0.3 is 0 Å². The van der Waals surface area contributed by atoms with Crippen molar-refractivity contribution in [1.29, 1.82) is 0 Å². The lowest BCUT2D eigenvalue weighted by Crippen LogP contribution is -2.31. The molecule has 0 unspecified atom stereocenters. The van der Waals surface area contributed by atoms with Gasteiger partial charge in [-0.3, -0.25) is 10.2 Å². The summed E-state index contributed by atoms with van der Waals surface area (Å²) < 4.78 is 0. The lowest BCUT2D eigenvalue weighted by Gasteiger charge is -2.07. The van der Waals surface area contributed by atoms with Gasteiger partial charge in [-0.2, -0.15) is 0 Å². The molecule has 0 saturated heterocycles. The highest BCUT2D eigenvalue weighted by molar-refractivity contribution is 7.98. The van der Waals surface area contributed by atoms with Crippen LogP contribution in [0.1, 0.15) is 11.1 Å². The molecule has 21 heavy (non-hydrogen) atoms. The van der Waals surface area contributed by atoms with Gasteiger partial charge in [0.1, 0.15) is 0 Å². The summed E-state index contributed by atoms with van der Waals surface area (Å²) in [5.41, 5.74) is 10.8. The molecule has 4 nitrogen and oxygen atoms in total. The van der Waals surface area contributed by atoms with E-state index >= 15 is 0 Å². The van der Waals surface area contributed by atoms with Crippen LogP contribution in [0.5, 0.6) is 0 Å². The van der Waals surface area contributed by atoms with Crippen LogP contribution in [0, 0.1) is 0 Å². The molecule has 2 aromatic carbocycles. The summed E-state index contributed by atoms with van der Waals surface area (Å²) in [6.07, 6.45) is 0.283. The molecular formula is C15H16ClN3OS. The molecule has 0 radical (unpaired) electrons. The highest BCUT2D eigenvalue weighted by Crippen LogP contribution is 2.30. The third kappa shape index (κ3) is 4.67. The normalized spacial score (nSPS) is 10.4. The van der Waals surface area contributed by atoms with E-state index in [0.717, 1.165) is 27.5 Å². The number of rotatable bonds is 5. The van der Waals surface area contributed by atoms with E-state index in [9.17, 15) is 4.79 Å². The van der Waals surface area contributed by atoms with E-state index in [1.54, 1.807) is 23.9 Å². The Morgan fingerprint density at radius 2 is 1.81 bits per heavy atom. The van der Waals surface area contributed by atoms with E-state index < -0.39 is 0 Å². The fourth-order valence-electron chi connectivity index (χ4n) is 1.78. The van der Waals surface area contributed by atoms with E-state index in [2.05, 4.69) is 5.43 Å². The summed E-state index contributed by atoms with van der Waals surface area (Å²) in [6.45, 7) is 0. The Kier molecular flexibility index (Phi) is 5.50. The summed E-state index contributed by atoms with van der Waals surface area (Å²) in [6, 6.07) is 13.3. The number of anilines is 1. The first-order valence-corrected chi connectivity index (χ1v) is 7.70. The lowest BCUT2D eigenvalue weighted by molar-refractivity contribution is -0.120. The monoisotopic (exact) mass is 321 g/mol. The van der Waals surface area contributed by atoms with Gasteiger partial charge in [0.15, 0.2) is 0 Å². The Morgan fingerprint density at radius 3 is 2.48 bits per heavy atom. The standard InChI is InChI=1S/C15H16ClN3OS/c16-12-5-6-13(17)14(8-12)21-9-11-3-1-10(2-4-11)7-15(20)19-18/h1-6,8H,7,9,17-18H2,(H,19,20). The number of nitrogens with one attached hydrogen (secondary N) is 1. The van der Waals surface area contributed by atoms with Crippen LogP contribution < -0.4 is 17.0 Å². The average Bonchev–Trinajstić information content (AvgIpc) is 2.49. The molecule has 0 fully saturated rings. The maximum absolute atomic E-state index is 11.2. The van der Waals surface area contributed by atoms with E-state index in [0.29, 0.717) is 5.02 Å². The summed E-state index contributed by atoms with van der Waals surface area (Å²) in [5, 5.41) is 0.676. The Morgan fingerprint density at radius 1 is 1.14 bits per heavy atom. The second-order valence-corrected chi connectivity index (χ2v) is 5.99. The predicted octanol–water partition coefficient (Wildman–Crippen LogP) is 2.75. The molecule has 0 aliphatic carbocycles. The van der Waals surface area contributed by atoms with Crippen LogP contribution in [-0.4, -0.2) is 5.91 Å². The third-order valence-corrected chi connectivity index (χ3v) is 4.30. The van der Waals surface area contributed by atoms with Gasteiger partial charge in [0.2, 0.25) is 5.91 Å². The van der Waals surface area contributed by atoms with Gasteiger partial charge in [0.25, 0.3) is 0 Å². The van der Waals surface area contributed by atoms with Gasteiger partial charge in [0.05, 0.1) is 6.42 Å². The first-order chi connectivity index (χ1) is 10.1. The van der Waals surface area contributed by atoms with Crippen molar-refractivity contribution in [3.05, 3.63) is 58.6 Å². The van der Waals surface area contributed by atoms with Crippen molar-refractivity contribution >= 4 is 35.0 Å². The van der Waals surface area contributed by atoms with Crippen LogP contribution in [0.3, 0.4) is 0 Å². The zero-order valence-electron chi connectivity index (χ0n) is 11.3. The Balaban J connectivity index is 1.97. The highest BCUT2D eigenvalue weighted by Gasteiger charge is 2.04. The number of hydrazine groups is 1. The number of carbonyl (C=O) groups excluding carboxylic acids is 1. The summed E-state index contributed by atoms with van der Waals surface area (Å²) in [5.74, 6) is 5.64. The third-order valence-electron chi connectivity index (χ3n) is 2.92. The van der Waals surface area contributed by atoms with Gasteiger partial charge in [0, 0.05) is 21.4 Å². The molecule has 6 heteroatoms. The van der Waals surface area contributed by atoms with Gasteiger partial charge in [-0.1, -0.05) is 35.9 Å². The van der Waals surface area contributed by atoms with Crippen molar-refractivity contribution in [2.24, 2.45) is 5.84 Å². The first kappa shape index (κ1) is 15.7. The second-order valence-electron chi connectivity index (χ2n) is 4.53. The molecule has 2 aromatic rings. The number of halogens is 1. The van der Waals surface area contributed by atoms with Crippen LogP contribution in [-0.2, 0) is 17.0 Å². The van der Waals surface area contributed by atoms with Crippen LogP contribution in [0.25, 0.3) is 0 Å². The van der Waals surface area contributed by atoms with Gasteiger partial charge in [-0.05, 0) is 29.3 Å². The van der Waals surface area contributed by atoms with Crippen molar-refractivity contribution < 1.29 is 4.79 Å². The minimum absolute atomic E-state index is 0.205. The van der Waals surface area contributed by atoms with Crippen LogP contribution in [0.15, 0.2) is 47.4 Å². The molecule has 0 bridgehead atoms. The van der Waals surface area contributed by atoms with Gasteiger partial charge in [-0.25, -0.2) is 5.84 Å². The molecule has 0 heterocycles. The number of nitrogens with two attached hydrogens (primary N) is 2. The number of thioether (sulfide) groups is 1. The molecule has 2 rings (SSSR count). The van der Waals surface area contributed by atoms with E-state index in [-0.39, 0.29) is 12.3 Å². The molecule has 5 N–H and O–H groups in total. The average molecular weight is 322 g/mol. The second kappa shape index (κ2) is 7.36. The molecule has 0 aliphatic rings. The number of carbonyl (C=O) groups is 1. The Hall–Kier alpha value is -1.69. The minimum Gasteiger partial charge on any atom is -0.398 e. The fourth-order valence-corrected chi connectivity index (χ4v) is 2.98. The number of hydrogen-bond acceptors (Lipinski definition) is 4. The molecule has 1 amide bonds. The van der Waals surface area contributed by atoms with Crippen molar-refractivity contribution in [2.45, 2.75) is 17.1 Å². The van der Waals surface area contributed by atoms with Gasteiger partial charge < -0.3 is 5.73 Å². The van der Waals surface area contributed by atoms with Crippen LogP contribution in [0.2, 0.25) is 5.02 Å². The Labute approximate surface area is 132 Å². The Bertz CT molecular complexity index is 631.